The summed E-state index contributed by atoms with van der Waals surface area (Å²) < 4.78 is 5.99. The van der Waals surface area contributed by atoms with E-state index in [0.717, 1.165) is 30.4 Å². The number of hydrogen-bond acceptors (Lipinski definition) is 3. The van der Waals surface area contributed by atoms with Crippen LogP contribution < -0.4 is 9.64 Å². The number of ether oxygens (including phenoxy) is 1. The van der Waals surface area contributed by atoms with Crippen LogP contribution in [0, 0.1) is 23.7 Å². The summed E-state index contributed by atoms with van der Waals surface area (Å²) >= 11 is 0. The minimum Gasteiger partial charge on any atom is -0.457 e. The smallest absolute Gasteiger partial charge is 0.237 e. The second-order valence-electron chi connectivity index (χ2n) is 8.50. The Morgan fingerprint density at radius 2 is 1.34 bits per heavy atom. The lowest BCUT2D eigenvalue weighted by molar-refractivity contribution is -0.123. The first kappa shape index (κ1) is 16.8. The number of hydrogen-bond donors (Lipinski definition) is 0. The summed E-state index contributed by atoms with van der Waals surface area (Å²) in [6.45, 7) is 0. The van der Waals surface area contributed by atoms with E-state index in [0.29, 0.717) is 23.3 Å². The minimum atomic E-state index is -0.0882. The Balaban J connectivity index is 1.24. The lowest BCUT2D eigenvalue weighted by Crippen LogP contribution is -2.32. The van der Waals surface area contributed by atoms with Crippen LogP contribution in [-0.4, -0.2) is 11.8 Å². The maximum Gasteiger partial charge on any atom is 0.237 e. The lowest BCUT2D eigenvalue weighted by Gasteiger charge is -2.19. The summed E-state index contributed by atoms with van der Waals surface area (Å²) in [6, 6.07) is 21.4. The van der Waals surface area contributed by atoms with Crippen LogP contribution in [0.25, 0.3) is 10.8 Å². The molecule has 2 bridgehead atoms. The van der Waals surface area contributed by atoms with Gasteiger partial charge in [-0.2, -0.15) is 0 Å². The van der Waals surface area contributed by atoms with Crippen LogP contribution >= 0.6 is 0 Å². The molecular weight excluding hydrogens is 362 g/mol. The van der Waals surface area contributed by atoms with Crippen LogP contribution in [0.3, 0.4) is 0 Å². The van der Waals surface area contributed by atoms with Crippen molar-refractivity contribution in [2.24, 2.45) is 23.7 Å². The number of anilines is 1. The molecule has 0 unspecified atom stereocenters. The third-order valence-corrected chi connectivity index (χ3v) is 6.98. The number of nitrogens with zero attached hydrogens (tertiary/aromatic N) is 1. The van der Waals surface area contributed by atoms with E-state index in [-0.39, 0.29) is 23.7 Å². The van der Waals surface area contributed by atoms with E-state index in [1.165, 1.54) is 10.3 Å². The van der Waals surface area contributed by atoms with E-state index in [4.69, 9.17) is 4.74 Å². The number of carbonyl (C=O) groups excluding carboxylic acids is 2. The Bertz CT molecular complexity index is 1110. The number of benzene rings is 3. The van der Waals surface area contributed by atoms with Gasteiger partial charge in [0.2, 0.25) is 11.8 Å². The second-order valence-corrected chi connectivity index (χ2v) is 8.50. The van der Waals surface area contributed by atoms with E-state index in [1.807, 2.05) is 54.6 Å². The maximum atomic E-state index is 13.0. The van der Waals surface area contributed by atoms with Crippen LogP contribution in [-0.2, 0) is 9.59 Å². The molecule has 144 valence electrons. The number of amides is 2. The highest BCUT2D eigenvalue weighted by Crippen LogP contribution is 2.56. The fourth-order valence-corrected chi connectivity index (χ4v) is 5.69. The molecule has 2 aliphatic carbocycles. The third-order valence-electron chi connectivity index (χ3n) is 6.98. The van der Waals surface area contributed by atoms with Gasteiger partial charge in [0.25, 0.3) is 0 Å². The topological polar surface area (TPSA) is 46.6 Å². The average Bonchev–Trinajstić information content (AvgIpc) is 3.43. The predicted octanol–water partition coefficient (Wildman–Crippen LogP) is 5.17. The van der Waals surface area contributed by atoms with Gasteiger partial charge in [-0.1, -0.05) is 30.3 Å². The van der Waals surface area contributed by atoms with Gasteiger partial charge in [0, 0.05) is 0 Å². The van der Waals surface area contributed by atoms with Crippen molar-refractivity contribution in [1.82, 2.24) is 0 Å². The van der Waals surface area contributed by atoms with E-state index >= 15 is 0 Å². The molecule has 0 aromatic heterocycles. The van der Waals surface area contributed by atoms with Crippen molar-refractivity contribution in [3.63, 3.8) is 0 Å². The zero-order valence-electron chi connectivity index (χ0n) is 16.0. The van der Waals surface area contributed by atoms with Crippen molar-refractivity contribution in [2.75, 3.05) is 4.90 Å². The van der Waals surface area contributed by atoms with E-state index in [1.54, 1.807) is 0 Å². The molecule has 2 amide bonds. The fraction of sp³-hybridized carbons (Fsp3) is 0.280. The molecule has 0 spiro atoms. The standard InChI is InChI=1S/C25H21NO3/c27-24-22-17-5-6-18(13-17)23(22)25(28)26(24)19-8-11-20(12-9-19)29-21-10-7-15-3-1-2-4-16(15)14-21/h1-4,7-12,14,17-18,22-23H,5-6,13H2/t17-,18-,22+,23+/m0/s1. The molecular formula is C25H21NO3. The Labute approximate surface area is 169 Å². The zero-order chi connectivity index (χ0) is 19.5. The average molecular weight is 383 g/mol. The van der Waals surface area contributed by atoms with Crippen molar-refractivity contribution in [1.29, 1.82) is 0 Å². The molecule has 4 nitrogen and oxygen atoms in total. The molecule has 3 aromatic carbocycles. The highest BCUT2D eigenvalue weighted by atomic mass is 16.5. The lowest BCUT2D eigenvalue weighted by atomic mass is 9.81. The van der Waals surface area contributed by atoms with Crippen LogP contribution in [0.1, 0.15) is 19.3 Å². The quantitative estimate of drug-likeness (QED) is 0.587. The summed E-state index contributed by atoms with van der Waals surface area (Å²) in [6.07, 6.45) is 3.24. The molecule has 1 saturated heterocycles. The Kier molecular flexibility index (Phi) is 3.58. The molecule has 0 radical (unpaired) electrons. The molecule has 3 fully saturated rings. The van der Waals surface area contributed by atoms with Crippen molar-refractivity contribution in [3.05, 3.63) is 66.7 Å². The van der Waals surface area contributed by atoms with Gasteiger partial charge in [0.15, 0.2) is 0 Å². The molecule has 4 atom stereocenters. The second kappa shape index (κ2) is 6.18. The van der Waals surface area contributed by atoms with Gasteiger partial charge in [-0.25, -0.2) is 0 Å². The molecule has 6 rings (SSSR count). The van der Waals surface area contributed by atoms with Crippen LogP contribution in [0.5, 0.6) is 11.5 Å². The Morgan fingerprint density at radius 1 is 0.724 bits per heavy atom. The largest absolute Gasteiger partial charge is 0.457 e. The highest BCUT2D eigenvalue weighted by molar-refractivity contribution is 6.22. The van der Waals surface area contributed by atoms with Gasteiger partial charge in [0.05, 0.1) is 17.5 Å². The summed E-state index contributed by atoms with van der Waals surface area (Å²) in [4.78, 5) is 27.3. The van der Waals surface area contributed by atoms with Crippen molar-refractivity contribution in [3.8, 4) is 11.5 Å². The number of imide groups is 1. The number of fused-ring (bicyclic) bond motifs is 6. The fourth-order valence-electron chi connectivity index (χ4n) is 5.69. The molecule has 3 aliphatic rings. The van der Waals surface area contributed by atoms with Crippen molar-refractivity contribution < 1.29 is 14.3 Å². The van der Waals surface area contributed by atoms with Crippen molar-refractivity contribution >= 4 is 28.3 Å². The van der Waals surface area contributed by atoms with Gasteiger partial charge in [-0.3, -0.25) is 14.5 Å². The Hall–Kier alpha value is -3.14. The number of rotatable bonds is 3. The molecule has 29 heavy (non-hydrogen) atoms. The first-order valence-corrected chi connectivity index (χ1v) is 10.3. The first-order valence-electron chi connectivity index (χ1n) is 10.3. The molecule has 1 heterocycles. The summed E-state index contributed by atoms with van der Waals surface area (Å²) in [5.74, 6) is 2.07. The molecule has 3 aromatic rings. The molecule has 2 saturated carbocycles. The predicted molar refractivity (Wildman–Crippen MR) is 111 cm³/mol. The van der Waals surface area contributed by atoms with Gasteiger partial charge in [-0.15, -0.1) is 0 Å². The van der Waals surface area contributed by atoms with E-state index in [2.05, 4.69) is 12.1 Å². The van der Waals surface area contributed by atoms with Gasteiger partial charge < -0.3 is 4.74 Å². The van der Waals surface area contributed by atoms with E-state index < -0.39 is 0 Å². The number of carbonyl (C=O) groups is 2. The van der Waals surface area contributed by atoms with E-state index in [9.17, 15) is 9.59 Å². The van der Waals surface area contributed by atoms with Crippen LogP contribution in [0.15, 0.2) is 66.7 Å². The normalized spacial score (nSPS) is 27.7. The molecule has 1 aliphatic heterocycles. The van der Waals surface area contributed by atoms with Crippen LogP contribution in [0.4, 0.5) is 5.69 Å². The first-order chi connectivity index (χ1) is 14.2. The SMILES string of the molecule is O=C1[C@@H]2[C@H]3CC[C@@H](C3)[C@H]2C(=O)N1c1ccc(Oc2ccc3ccccc3c2)cc1. The van der Waals surface area contributed by atoms with Gasteiger partial charge >= 0.3 is 0 Å². The highest BCUT2D eigenvalue weighted by Gasteiger charge is 2.61. The van der Waals surface area contributed by atoms with Crippen LogP contribution in [0.2, 0.25) is 0 Å². The third kappa shape index (κ3) is 2.52. The van der Waals surface area contributed by atoms with Gasteiger partial charge in [-0.05, 0) is 78.3 Å². The molecule has 0 N–H and O–H groups in total. The minimum absolute atomic E-state index is 0.00426. The monoisotopic (exact) mass is 383 g/mol. The molecule has 4 heteroatoms. The summed E-state index contributed by atoms with van der Waals surface area (Å²) in [5.41, 5.74) is 0.652. The maximum absolute atomic E-state index is 13.0. The Morgan fingerprint density at radius 3 is 2.03 bits per heavy atom. The zero-order valence-corrected chi connectivity index (χ0v) is 16.0. The van der Waals surface area contributed by atoms with Gasteiger partial charge in [0.1, 0.15) is 11.5 Å². The van der Waals surface area contributed by atoms with Crippen molar-refractivity contribution in [2.45, 2.75) is 19.3 Å². The summed E-state index contributed by atoms with van der Waals surface area (Å²) in [7, 11) is 0. The summed E-state index contributed by atoms with van der Waals surface area (Å²) in [5, 5.41) is 2.29.